The van der Waals surface area contributed by atoms with E-state index in [-0.39, 0.29) is 30.9 Å². The molecule has 2 rings (SSSR count). The van der Waals surface area contributed by atoms with Gasteiger partial charge in [-0.15, -0.1) is 0 Å². The summed E-state index contributed by atoms with van der Waals surface area (Å²) in [6.45, 7) is 2.70. The van der Waals surface area contributed by atoms with Crippen LogP contribution in [0.25, 0.3) is 11.3 Å². The summed E-state index contributed by atoms with van der Waals surface area (Å²) in [5.41, 5.74) is 0.849. The van der Waals surface area contributed by atoms with Crippen molar-refractivity contribution in [3.63, 3.8) is 0 Å². The molecule has 2 aromatic rings. The zero-order valence-electron chi connectivity index (χ0n) is 11.3. The number of hydrogen-bond donors (Lipinski definition) is 2. The average Bonchev–Trinajstić information content (AvgIpc) is 2.89. The lowest BCUT2D eigenvalue weighted by Crippen LogP contribution is -3.00. The molecule has 0 radical (unpaired) electrons. The van der Waals surface area contributed by atoms with E-state index in [2.05, 4.69) is 5.32 Å². The molecule has 0 bridgehead atoms. The number of furan rings is 1. The molecule has 0 amide bonds. The Hall–Kier alpha value is -1.36. The Morgan fingerprint density at radius 3 is 2.50 bits per heavy atom. The third kappa shape index (κ3) is 4.34. The minimum Gasteiger partial charge on any atom is -1.00 e. The monoisotopic (exact) mass is 298 g/mol. The number of benzene rings is 1. The molecule has 0 aliphatic carbocycles. The molecular formula is C15H18ClFNO2-. The summed E-state index contributed by atoms with van der Waals surface area (Å²) < 4.78 is 18.5. The standard InChI is InChI=1S/C15H18FNO2.ClH/c1-2-13(10-18)17-9-14-7-8-15(19-14)11-3-5-12(16)6-4-11;/h3-8,13,17-18H,2,9-10H2,1H3;1H/p-1. The van der Waals surface area contributed by atoms with Crippen molar-refractivity contribution in [1.82, 2.24) is 5.32 Å². The summed E-state index contributed by atoms with van der Waals surface area (Å²) in [6.07, 6.45) is 0.863. The maximum Gasteiger partial charge on any atom is 0.134 e. The summed E-state index contributed by atoms with van der Waals surface area (Å²) in [5.74, 6) is 1.26. The van der Waals surface area contributed by atoms with E-state index < -0.39 is 0 Å². The Balaban J connectivity index is 0.00000200. The van der Waals surface area contributed by atoms with Gasteiger partial charge in [0.2, 0.25) is 0 Å². The molecular weight excluding hydrogens is 281 g/mol. The van der Waals surface area contributed by atoms with Crippen LogP contribution in [-0.4, -0.2) is 17.8 Å². The molecule has 3 nitrogen and oxygen atoms in total. The highest BCUT2D eigenvalue weighted by atomic mass is 35.5. The molecule has 20 heavy (non-hydrogen) atoms. The van der Waals surface area contributed by atoms with Crippen LogP contribution in [0.15, 0.2) is 40.8 Å². The van der Waals surface area contributed by atoms with E-state index >= 15 is 0 Å². The molecule has 1 heterocycles. The van der Waals surface area contributed by atoms with Crippen LogP contribution in [0, 0.1) is 5.82 Å². The van der Waals surface area contributed by atoms with Gasteiger partial charge in [0.25, 0.3) is 0 Å². The number of nitrogens with one attached hydrogen (secondary N) is 1. The van der Waals surface area contributed by atoms with Crippen molar-refractivity contribution in [3.05, 3.63) is 48.0 Å². The van der Waals surface area contributed by atoms with Crippen molar-refractivity contribution in [2.75, 3.05) is 6.61 Å². The highest BCUT2D eigenvalue weighted by Gasteiger charge is 2.07. The highest BCUT2D eigenvalue weighted by Crippen LogP contribution is 2.22. The normalized spacial score (nSPS) is 11.9. The maximum absolute atomic E-state index is 12.8. The Bertz CT molecular complexity index is 509. The van der Waals surface area contributed by atoms with Gasteiger partial charge in [0.15, 0.2) is 0 Å². The van der Waals surface area contributed by atoms with E-state index in [0.717, 1.165) is 17.7 Å². The van der Waals surface area contributed by atoms with Gasteiger partial charge in [-0.2, -0.15) is 0 Å². The smallest absolute Gasteiger partial charge is 0.134 e. The third-order valence-electron chi connectivity index (χ3n) is 3.07. The van der Waals surface area contributed by atoms with Crippen LogP contribution in [0.2, 0.25) is 0 Å². The van der Waals surface area contributed by atoms with Gasteiger partial charge in [0.1, 0.15) is 17.3 Å². The Morgan fingerprint density at radius 1 is 1.20 bits per heavy atom. The highest BCUT2D eigenvalue weighted by molar-refractivity contribution is 5.57. The van der Waals surface area contributed by atoms with Crippen molar-refractivity contribution in [3.8, 4) is 11.3 Å². The van der Waals surface area contributed by atoms with E-state index in [1.165, 1.54) is 12.1 Å². The van der Waals surface area contributed by atoms with Gasteiger partial charge in [-0.3, -0.25) is 0 Å². The van der Waals surface area contributed by atoms with Gasteiger partial charge in [0, 0.05) is 11.6 Å². The molecule has 5 heteroatoms. The predicted octanol–water partition coefficient (Wildman–Crippen LogP) is -0.0498. The van der Waals surface area contributed by atoms with E-state index in [0.29, 0.717) is 12.3 Å². The van der Waals surface area contributed by atoms with Gasteiger partial charge >= 0.3 is 0 Å². The zero-order valence-corrected chi connectivity index (χ0v) is 12.0. The molecule has 0 saturated heterocycles. The second-order valence-corrected chi connectivity index (χ2v) is 4.44. The molecule has 0 saturated carbocycles. The topological polar surface area (TPSA) is 45.4 Å². The third-order valence-corrected chi connectivity index (χ3v) is 3.07. The van der Waals surface area contributed by atoms with Crippen LogP contribution in [0.3, 0.4) is 0 Å². The summed E-state index contributed by atoms with van der Waals surface area (Å²) in [6, 6.07) is 10.0. The molecule has 0 aliphatic heterocycles. The van der Waals surface area contributed by atoms with Gasteiger partial charge in [-0.1, -0.05) is 6.92 Å². The molecule has 1 aromatic carbocycles. The lowest BCUT2D eigenvalue weighted by Gasteiger charge is -2.12. The van der Waals surface area contributed by atoms with Gasteiger partial charge in [0.05, 0.1) is 13.2 Å². The van der Waals surface area contributed by atoms with Crippen molar-refractivity contribution >= 4 is 0 Å². The first-order valence-corrected chi connectivity index (χ1v) is 6.41. The second-order valence-electron chi connectivity index (χ2n) is 4.44. The minimum atomic E-state index is -0.258. The molecule has 110 valence electrons. The van der Waals surface area contributed by atoms with Crippen molar-refractivity contribution in [2.45, 2.75) is 25.9 Å². The fourth-order valence-corrected chi connectivity index (χ4v) is 1.83. The van der Waals surface area contributed by atoms with Gasteiger partial charge < -0.3 is 27.2 Å². The first-order chi connectivity index (χ1) is 9.22. The van der Waals surface area contributed by atoms with Gasteiger partial charge in [-0.05, 0) is 42.8 Å². The van der Waals surface area contributed by atoms with E-state index in [9.17, 15) is 4.39 Å². The zero-order chi connectivity index (χ0) is 13.7. The van der Waals surface area contributed by atoms with E-state index in [4.69, 9.17) is 9.52 Å². The number of rotatable bonds is 6. The summed E-state index contributed by atoms with van der Waals surface area (Å²) in [7, 11) is 0. The largest absolute Gasteiger partial charge is 1.00 e. The molecule has 0 aliphatic rings. The first-order valence-electron chi connectivity index (χ1n) is 6.41. The minimum absolute atomic E-state index is 0. The predicted molar refractivity (Wildman–Crippen MR) is 72.1 cm³/mol. The summed E-state index contributed by atoms with van der Waals surface area (Å²) in [4.78, 5) is 0. The van der Waals surface area contributed by atoms with Gasteiger partial charge in [-0.25, -0.2) is 4.39 Å². The lowest BCUT2D eigenvalue weighted by molar-refractivity contribution is -0.00000613. The molecule has 2 N–H and O–H groups in total. The fraction of sp³-hybridized carbons (Fsp3) is 0.333. The Morgan fingerprint density at radius 2 is 1.90 bits per heavy atom. The number of halogens is 2. The summed E-state index contributed by atoms with van der Waals surface area (Å²) in [5, 5.41) is 12.3. The number of aliphatic hydroxyl groups excluding tert-OH is 1. The van der Waals surface area contributed by atoms with Crippen LogP contribution >= 0.6 is 0 Å². The molecule has 0 spiro atoms. The van der Waals surface area contributed by atoms with Crippen molar-refractivity contribution in [2.24, 2.45) is 0 Å². The quantitative estimate of drug-likeness (QED) is 0.786. The fourth-order valence-electron chi connectivity index (χ4n) is 1.83. The van der Waals surface area contributed by atoms with E-state index in [1.54, 1.807) is 12.1 Å². The van der Waals surface area contributed by atoms with Crippen LogP contribution in [0.5, 0.6) is 0 Å². The molecule has 1 unspecified atom stereocenters. The molecule has 1 aromatic heterocycles. The summed E-state index contributed by atoms with van der Waals surface area (Å²) >= 11 is 0. The first kappa shape index (κ1) is 16.7. The number of hydrogen-bond acceptors (Lipinski definition) is 3. The van der Waals surface area contributed by atoms with Crippen LogP contribution in [0.1, 0.15) is 19.1 Å². The van der Waals surface area contributed by atoms with Crippen LogP contribution in [0.4, 0.5) is 4.39 Å². The molecule has 0 fully saturated rings. The SMILES string of the molecule is CCC(CO)NCc1ccc(-c2ccc(F)cc2)o1.[Cl-]. The average molecular weight is 299 g/mol. The number of aliphatic hydroxyl groups is 1. The van der Waals surface area contributed by atoms with Crippen LogP contribution < -0.4 is 17.7 Å². The second kappa shape index (κ2) is 8.04. The van der Waals surface area contributed by atoms with Crippen molar-refractivity contribution in [1.29, 1.82) is 0 Å². The maximum atomic E-state index is 12.8. The Labute approximate surface area is 124 Å². The Kier molecular flexibility index (Phi) is 6.71. The van der Waals surface area contributed by atoms with Crippen molar-refractivity contribution < 1.29 is 26.3 Å². The molecule has 1 atom stereocenters. The van der Waals surface area contributed by atoms with E-state index in [1.807, 2.05) is 19.1 Å². The lowest BCUT2D eigenvalue weighted by atomic mass is 10.2. The van der Waals surface area contributed by atoms with Crippen LogP contribution in [-0.2, 0) is 6.54 Å².